The molecule has 1 unspecified atom stereocenters. The van der Waals surface area contributed by atoms with E-state index in [-0.39, 0.29) is 5.91 Å². The summed E-state index contributed by atoms with van der Waals surface area (Å²) in [5.41, 5.74) is 3.43. The van der Waals surface area contributed by atoms with Gasteiger partial charge in [-0.1, -0.05) is 41.9 Å². The van der Waals surface area contributed by atoms with E-state index in [0.717, 1.165) is 22.4 Å². The van der Waals surface area contributed by atoms with Gasteiger partial charge in [0.05, 0.1) is 0 Å². The number of ether oxygens (including phenoxy) is 1. The van der Waals surface area contributed by atoms with Crippen molar-refractivity contribution in [2.24, 2.45) is 0 Å². The maximum absolute atomic E-state index is 13.2. The average Bonchev–Trinajstić information content (AvgIpc) is 2.72. The van der Waals surface area contributed by atoms with Crippen molar-refractivity contribution < 1.29 is 14.3 Å². The van der Waals surface area contributed by atoms with E-state index in [0.29, 0.717) is 17.1 Å². The van der Waals surface area contributed by atoms with Gasteiger partial charge in [0.15, 0.2) is 0 Å². The van der Waals surface area contributed by atoms with Crippen LogP contribution in [0.25, 0.3) is 11.1 Å². The number of amides is 2. The number of halogens is 1. The molecule has 1 aromatic heterocycles. The summed E-state index contributed by atoms with van der Waals surface area (Å²) in [6.45, 7) is 7.22. The number of aryl methyl sites for hydroxylation is 1. The molecule has 2 aromatic carbocycles. The fourth-order valence-corrected chi connectivity index (χ4v) is 3.53. The molecule has 1 atom stereocenters. The van der Waals surface area contributed by atoms with Crippen LogP contribution in [0.5, 0.6) is 0 Å². The number of nitrogens with zero attached hydrogens (tertiary/aromatic N) is 1. The molecule has 0 saturated heterocycles. The van der Waals surface area contributed by atoms with Crippen LogP contribution in [-0.4, -0.2) is 28.6 Å². The van der Waals surface area contributed by atoms with Gasteiger partial charge in [0.25, 0.3) is 0 Å². The molecule has 7 heteroatoms. The zero-order valence-corrected chi connectivity index (χ0v) is 19.9. The first kappa shape index (κ1) is 24.3. The van der Waals surface area contributed by atoms with Gasteiger partial charge >= 0.3 is 6.09 Å². The highest BCUT2D eigenvalue weighted by atomic mass is 35.5. The van der Waals surface area contributed by atoms with Gasteiger partial charge in [-0.05, 0) is 74.7 Å². The molecule has 0 spiro atoms. The van der Waals surface area contributed by atoms with Gasteiger partial charge in [0.1, 0.15) is 11.6 Å². The molecule has 0 radical (unpaired) electrons. The van der Waals surface area contributed by atoms with Crippen LogP contribution in [-0.2, 0) is 16.0 Å². The van der Waals surface area contributed by atoms with Crippen molar-refractivity contribution >= 4 is 29.3 Å². The number of carbonyl (C=O) groups is 2. The second kappa shape index (κ2) is 10.5. The van der Waals surface area contributed by atoms with Gasteiger partial charge in [0, 0.05) is 29.0 Å². The highest BCUT2D eigenvalue weighted by Crippen LogP contribution is 2.27. The number of benzene rings is 2. The molecule has 2 amide bonds. The third-order valence-electron chi connectivity index (χ3n) is 4.69. The number of carbonyl (C=O) groups excluding carboxylic acids is 2. The molecular formula is C26H28ClN3O3. The van der Waals surface area contributed by atoms with Crippen molar-refractivity contribution in [1.82, 2.24) is 10.3 Å². The molecule has 33 heavy (non-hydrogen) atoms. The van der Waals surface area contributed by atoms with Crippen molar-refractivity contribution in [2.45, 2.75) is 45.8 Å². The summed E-state index contributed by atoms with van der Waals surface area (Å²) in [5, 5.41) is 6.07. The molecule has 0 bridgehead atoms. The van der Waals surface area contributed by atoms with Crippen LogP contribution >= 0.6 is 11.6 Å². The van der Waals surface area contributed by atoms with Gasteiger partial charge < -0.3 is 15.4 Å². The number of alkyl carbamates (subject to hydrolysis) is 1. The Morgan fingerprint density at radius 2 is 1.76 bits per heavy atom. The average molecular weight is 466 g/mol. The minimum Gasteiger partial charge on any atom is -0.444 e. The van der Waals surface area contributed by atoms with E-state index in [1.807, 2.05) is 61.5 Å². The Morgan fingerprint density at radius 3 is 2.42 bits per heavy atom. The molecule has 2 N–H and O–H groups in total. The quantitative estimate of drug-likeness (QED) is 0.483. The molecule has 0 fully saturated rings. The fourth-order valence-electron chi connectivity index (χ4n) is 3.29. The van der Waals surface area contributed by atoms with Crippen LogP contribution in [0.15, 0.2) is 66.9 Å². The van der Waals surface area contributed by atoms with Crippen LogP contribution < -0.4 is 10.6 Å². The number of pyridine rings is 1. The van der Waals surface area contributed by atoms with Gasteiger partial charge in [0.2, 0.25) is 5.91 Å². The Kier molecular flexibility index (Phi) is 7.71. The molecule has 3 aromatic rings. The summed E-state index contributed by atoms with van der Waals surface area (Å²) in [6.07, 6.45) is 1.38. The van der Waals surface area contributed by atoms with Gasteiger partial charge in [-0.3, -0.25) is 9.78 Å². The summed E-state index contributed by atoms with van der Waals surface area (Å²) >= 11 is 6.33. The molecule has 172 valence electrons. The number of hydrogen-bond donors (Lipinski definition) is 2. The van der Waals surface area contributed by atoms with E-state index < -0.39 is 17.7 Å². The Labute approximate surface area is 199 Å². The number of rotatable bonds is 6. The molecule has 0 aliphatic carbocycles. The predicted octanol–water partition coefficient (Wildman–Crippen LogP) is 5.78. The van der Waals surface area contributed by atoms with Crippen molar-refractivity contribution in [3.05, 3.63) is 83.1 Å². The van der Waals surface area contributed by atoms with Gasteiger partial charge in [-0.15, -0.1) is 0 Å². The van der Waals surface area contributed by atoms with E-state index in [4.69, 9.17) is 16.3 Å². The van der Waals surface area contributed by atoms with Crippen LogP contribution in [0.2, 0.25) is 5.02 Å². The summed E-state index contributed by atoms with van der Waals surface area (Å²) < 4.78 is 5.36. The lowest BCUT2D eigenvalue weighted by molar-refractivity contribution is -0.118. The lowest BCUT2D eigenvalue weighted by atomic mass is 10.0. The van der Waals surface area contributed by atoms with Gasteiger partial charge in [-0.2, -0.15) is 0 Å². The number of hydrogen-bond acceptors (Lipinski definition) is 4. The third-order valence-corrected chi connectivity index (χ3v) is 4.90. The monoisotopic (exact) mass is 465 g/mol. The van der Waals surface area contributed by atoms with Crippen LogP contribution in [0.3, 0.4) is 0 Å². The number of anilines is 1. The molecule has 3 rings (SSSR count). The highest BCUT2D eigenvalue weighted by molar-refractivity contribution is 6.31. The van der Waals surface area contributed by atoms with E-state index in [9.17, 15) is 9.59 Å². The second-order valence-corrected chi connectivity index (χ2v) is 9.23. The summed E-state index contributed by atoms with van der Waals surface area (Å²) in [6, 6.07) is 17.8. The fraction of sp³-hybridized carbons (Fsp3) is 0.269. The topological polar surface area (TPSA) is 80.3 Å². The maximum Gasteiger partial charge on any atom is 0.408 e. The largest absolute Gasteiger partial charge is 0.444 e. The maximum atomic E-state index is 13.2. The van der Waals surface area contributed by atoms with E-state index in [1.165, 1.54) is 0 Å². The minimum absolute atomic E-state index is 0.308. The van der Waals surface area contributed by atoms with Gasteiger partial charge in [-0.25, -0.2) is 4.79 Å². The third kappa shape index (κ3) is 7.61. The first-order valence-electron chi connectivity index (χ1n) is 10.7. The standard InChI is InChI=1S/C26H28ClN3O3/c1-17-12-19(10-11-28-17)20-14-21(27)16-22(15-20)29-24(31)23(13-18-8-6-5-7-9-18)30-25(32)33-26(2,3)4/h5-12,14-16,23H,13H2,1-4H3,(H,29,31)(H,30,32). The second-order valence-electron chi connectivity index (χ2n) is 8.79. The molecule has 6 nitrogen and oxygen atoms in total. The molecule has 1 heterocycles. The Hall–Kier alpha value is -3.38. The lowest BCUT2D eigenvalue weighted by Crippen LogP contribution is -2.47. The molecule has 0 saturated carbocycles. The Balaban J connectivity index is 1.83. The zero-order valence-electron chi connectivity index (χ0n) is 19.2. The smallest absolute Gasteiger partial charge is 0.408 e. The lowest BCUT2D eigenvalue weighted by Gasteiger charge is -2.23. The van der Waals surface area contributed by atoms with Crippen molar-refractivity contribution in [1.29, 1.82) is 0 Å². The normalized spacial score (nSPS) is 12.0. The van der Waals surface area contributed by atoms with E-state index in [2.05, 4.69) is 15.6 Å². The molecule has 0 aliphatic rings. The Morgan fingerprint density at radius 1 is 1.03 bits per heavy atom. The first-order valence-corrected chi connectivity index (χ1v) is 11.0. The number of nitrogens with one attached hydrogen (secondary N) is 2. The van der Waals surface area contributed by atoms with Crippen molar-refractivity contribution in [3.63, 3.8) is 0 Å². The summed E-state index contributed by atoms with van der Waals surface area (Å²) in [7, 11) is 0. The van der Waals surface area contributed by atoms with Crippen LogP contribution in [0.1, 0.15) is 32.0 Å². The minimum atomic E-state index is -0.840. The summed E-state index contributed by atoms with van der Waals surface area (Å²) in [4.78, 5) is 29.8. The van der Waals surface area contributed by atoms with Crippen LogP contribution in [0.4, 0.5) is 10.5 Å². The number of aromatic nitrogens is 1. The van der Waals surface area contributed by atoms with E-state index in [1.54, 1.807) is 33.0 Å². The molecule has 0 aliphatic heterocycles. The summed E-state index contributed by atoms with van der Waals surface area (Å²) in [5.74, 6) is -0.371. The zero-order chi connectivity index (χ0) is 24.0. The van der Waals surface area contributed by atoms with E-state index >= 15 is 0 Å². The van der Waals surface area contributed by atoms with Crippen LogP contribution in [0, 0.1) is 6.92 Å². The molecular weight excluding hydrogens is 438 g/mol. The SMILES string of the molecule is Cc1cc(-c2cc(Cl)cc(NC(=O)C(Cc3ccccc3)NC(=O)OC(C)(C)C)c2)ccn1. The highest BCUT2D eigenvalue weighted by Gasteiger charge is 2.25. The predicted molar refractivity (Wildman–Crippen MR) is 131 cm³/mol. The Bertz CT molecular complexity index is 1130. The first-order chi connectivity index (χ1) is 15.6. The van der Waals surface area contributed by atoms with Crippen molar-refractivity contribution in [2.75, 3.05) is 5.32 Å². The van der Waals surface area contributed by atoms with Crippen molar-refractivity contribution in [3.8, 4) is 11.1 Å².